The molecule has 0 aliphatic carbocycles. The van der Waals surface area contributed by atoms with Crippen molar-refractivity contribution < 1.29 is 4.79 Å². The Kier molecular flexibility index (Phi) is 5.92. The average molecular weight is 406 g/mol. The van der Waals surface area contributed by atoms with Crippen LogP contribution >= 0.6 is 0 Å². The number of rotatable bonds is 5. The van der Waals surface area contributed by atoms with E-state index >= 15 is 0 Å². The van der Waals surface area contributed by atoms with Gasteiger partial charge in [-0.25, -0.2) is 4.98 Å². The van der Waals surface area contributed by atoms with Crippen molar-refractivity contribution in [3.8, 4) is 0 Å². The highest BCUT2D eigenvalue weighted by Crippen LogP contribution is 2.13. The fraction of sp³-hybridized carbons (Fsp3) is 0.348. The van der Waals surface area contributed by atoms with Gasteiger partial charge < -0.3 is 10.2 Å². The monoisotopic (exact) mass is 405 g/mol. The van der Waals surface area contributed by atoms with E-state index in [-0.39, 0.29) is 18.0 Å². The third-order valence-electron chi connectivity index (χ3n) is 5.59. The number of piperazine rings is 1. The predicted molar refractivity (Wildman–Crippen MR) is 119 cm³/mol. The van der Waals surface area contributed by atoms with Gasteiger partial charge in [0.2, 0.25) is 5.91 Å². The normalized spacial score (nSPS) is 15.4. The smallest absolute Gasteiger partial charge is 0.261 e. The summed E-state index contributed by atoms with van der Waals surface area (Å²) in [5.41, 5.74) is 2.40. The number of benzene rings is 2. The number of amides is 1. The first-order chi connectivity index (χ1) is 14.5. The molecular formula is C23H27N5O2. The average Bonchev–Trinajstić information content (AvgIpc) is 2.74. The highest BCUT2D eigenvalue weighted by molar-refractivity contribution is 5.90. The molecule has 1 N–H and O–H groups in total. The number of aromatic nitrogens is 2. The maximum absolute atomic E-state index is 12.7. The van der Waals surface area contributed by atoms with E-state index in [2.05, 4.69) is 27.1 Å². The third kappa shape index (κ3) is 4.58. The molecule has 0 atom stereocenters. The van der Waals surface area contributed by atoms with Crippen LogP contribution < -0.4 is 10.9 Å². The first-order valence-corrected chi connectivity index (χ1v) is 10.3. The molecule has 2 heterocycles. The lowest BCUT2D eigenvalue weighted by Gasteiger charge is -2.32. The van der Waals surface area contributed by atoms with E-state index in [9.17, 15) is 9.59 Å². The topological polar surface area (TPSA) is 70.5 Å². The van der Waals surface area contributed by atoms with E-state index in [1.807, 2.05) is 30.3 Å². The first-order valence-electron chi connectivity index (χ1n) is 10.3. The minimum absolute atomic E-state index is 0.0639. The summed E-state index contributed by atoms with van der Waals surface area (Å²) >= 11 is 0. The maximum Gasteiger partial charge on any atom is 0.261 e. The molecule has 1 aliphatic rings. The van der Waals surface area contributed by atoms with Crippen LogP contribution in [0.4, 0.5) is 5.69 Å². The molecule has 0 radical (unpaired) electrons. The molecule has 0 saturated carbocycles. The second-order valence-electron chi connectivity index (χ2n) is 7.89. The lowest BCUT2D eigenvalue weighted by atomic mass is 10.2. The standard InChI is InChI=1S/C23H27N5O2/c1-17-24-21-6-4-3-5-20(21)23(30)28(17)16-22(29)25-19-9-7-18(8-10-19)15-27-13-11-26(2)12-14-27/h3-10H,11-16H2,1-2H3,(H,25,29). The zero-order valence-corrected chi connectivity index (χ0v) is 17.5. The summed E-state index contributed by atoms with van der Waals surface area (Å²) in [7, 11) is 2.15. The van der Waals surface area contributed by atoms with Gasteiger partial charge in [0.25, 0.3) is 5.56 Å². The van der Waals surface area contributed by atoms with E-state index in [1.54, 1.807) is 25.1 Å². The van der Waals surface area contributed by atoms with Crippen molar-refractivity contribution in [2.24, 2.45) is 0 Å². The third-order valence-corrected chi connectivity index (χ3v) is 5.59. The molecule has 1 aromatic heterocycles. The summed E-state index contributed by atoms with van der Waals surface area (Å²) in [6.45, 7) is 6.93. The van der Waals surface area contributed by atoms with E-state index in [0.29, 0.717) is 16.7 Å². The summed E-state index contributed by atoms with van der Waals surface area (Å²) < 4.78 is 1.42. The minimum Gasteiger partial charge on any atom is -0.325 e. The summed E-state index contributed by atoms with van der Waals surface area (Å²) in [5.74, 6) is 0.278. The van der Waals surface area contributed by atoms with Gasteiger partial charge in [0.15, 0.2) is 0 Å². The van der Waals surface area contributed by atoms with Crippen molar-refractivity contribution in [2.45, 2.75) is 20.0 Å². The van der Waals surface area contributed by atoms with Crippen molar-refractivity contribution in [2.75, 3.05) is 38.5 Å². The van der Waals surface area contributed by atoms with Crippen molar-refractivity contribution in [1.82, 2.24) is 19.4 Å². The van der Waals surface area contributed by atoms with Crippen LogP contribution in [0.1, 0.15) is 11.4 Å². The van der Waals surface area contributed by atoms with Crippen molar-refractivity contribution >= 4 is 22.5 Å². The molecular weight excluding hydrogens is 378 g/mol. The van der Waals surface area contributed by atoms with Crippen molar-refractivity contribution in [3.05, 3.63) is 70.3 Å². The van der Waals surface area contributed by atoms with Crippen LogP contribution in [0.25, 0.3) is 10.9 Å². The number of aryl methyl sites for hydroxylation is 1. The molecule has 1 aliphatic heterocycles. The zero-order chi connectivity index (χ0) is 21.1. The minimum atomic E-state index is -0.246. The van der Waals surface area contributed by atoms with Gasteiger partial charge >= 0.3 is 0 Å². The van der Waals surface area contributed by atoms with Crippen LogP contribution in [0.3, 0.4) is 0 Å². The molecule has 2 aromatic carbocycles. The summed E-state index contributed by atoms with van der Waals surface area (Å²) in [6, 6.07) is 15.1. The van der Waals surface area contributed by atoms with Gasteiger partial charge in [-0.3, -0.25) is 19.1 Å². The number of anilines is 1. The summed E-state index contributed by atoms with van der Waals surface area (Å²) in [6.07, 6.45) is 0. The number of nitrogens with zero attached hydrogens (tertiary/aromatic N) is 4. The Hall–Kier alpha value is -3.03. The van der Waals surface area contributed by atoms with Crippen LogP contribution in [0.2, 0.25) is 0 Å². The molecule has 156 valence electrons. The van der Waals surface area contributed by atoms with Crippen LogP contribution in [-0.2, 0) is 17.9 Å². The number of fused-ring (bicyclic) bond motifs is 1. The van der Waals surface area contributed by atoms with Gasteiger partial charge in [-0.15, -0.1) is 0 Å². The van der Waals surface area contributed by atoms with Gasteiger partial charge in [-0.1, -0.05) is 24.3 Å². The van der Waals surface area contributed by atoms with Crippen molar-refractivity contribution in [1.29, 1.82) is 0 Å². The van der Waals surface area contributed by atoms with E-state index < -0.39 is 0 Å². The maximum atomic E-state index is 12.7. The van der Waals surface area contributed by atoms with Gasteiger partial charge in [-0.05, 0) is 43.8 Å². The number of carbonyl (C=O) groups is 1. The number of para-hydroxylation sites is 1. The Morgan fingerprint density at radius 3 is 2.47 bits per heavy atom. The largest absolute Gasteiger partial charge is 0.325 e. The lowest BCUT2D eigenvalue weighted by molar-refractivity contribution is -0.116. The van der Waals surface area contributed by atoms with Crippen LogP contribution in [0.15, 0.2) is 53.3 Å². The summed E-state index contributed by atoms with van der Waals surface area (Å²) in [5, 5.41) is 3.40. The van der Waals surface area contributed by atoms with Gasteiger partial charge in [0.1, 0.15) is 12.4 Å². The molecule has 1 saturated heterocycles. The number of carbonyl (C=O) groups excluding carboxylic acids is 1. The van der Waals surface area contributed by atoms with E-state index in [1.165, 1.54) is 10.1 Å². The molecule has 30 heavy (non-hydrogen) atoms. The molecule has 7 heteroatoms. The second kappa shape index (κ2) is 8.77. The van der Waals surface area contributed by atoms with Gasteiger partial charge in [0, 0.05) is 38.4 Å². The summed E-state index contributed by atoms with van der Waals surface area (Å²) in [4.78, 5) is 34.5. The number of hydrogen-bond donors (Lipinski definition) is 1. The highest BCUT2D eigenvalue weighted by atomic mass is 16.2. The molecule has 0 bridgehead atoms. The van der Waals surface area contributed by atoms with Gasteiger partial charge in [-0.2, -0.15) is 0 Å². The molecule has 4 rings (SSSR count). The number of nitrogens with one attached hydrogen (secondary N) is 1. The quantitative estimate of drug-likeness (QED) is 0.704. The first kappa shape index (κ1) is 20.3. The van der Waals surface area contributed by atoms with E-state index in [4.69, 9.17) is 0 Å². The molecule has 3 aromatic rings. The fourth-order valence-corrected chi connectivity index (χ4v) is 3.77. The molecule has 0 spiro atoms. The van der Waals surface area contributed by atoms with Crippen molar-refractivity contribution in [3.63, 3.8) is 0 Å². The number of hydrogen-bond acceptors (Lipinski definition) is 5. The number of likely N-dealkylation sites (N-methyl/N-ethyl adjacent to an activating group) is 1. The fourth-order valence-electron chi connectivity index (χ4n) is 3.77. The Morgan fingerprint density at radius 2 is 1.73 bits per heavy atom. The molecule has 7 nitrogen and oxygen atoms in total. The molecule has 1 fully saturated rings. The highest BCUT2D eigenvalue weighted by Gasteiger charge is 2.14. The zero-order valence-electron chi connectivity index (χ0n) is 17.5. The Labute approximate surface area is 175 Å². The predicted octanol–water partition coefficient (Wildman–Crippen LogP) is 2.09. The van der Waals surface area contributed by atoms with Gasteiger partial charge in [0.05, 0.1) is 10.9 Å². The van der Waals surface area contributed by atoms with Crippen LogP contribution in [0.5, 0.6) is 0 Å². The Bertz CT molecular complexity index is 1100. The van der Waals surface area contributed by atoms with E-state index in [0.717, 1.165) is 38.4 Å². The second-order valence-corrected chi connectivity index (χ2v) is 7.89. The lowest BCUT2D eigenvalue weighted by Crippen LogP contribution is -2.43. The SMILES string of the molecule is Cc1nc2ccccc2c(=O)n1CC(=O)Nc1ccc(CN2CCN(C)CC2)cc1. The van der Waals surface area contributed by atoms with Crippen LogP contribution in [-0.4, -0.2) is 58.5 Å². The molecule has 0 unspecified atom stereocenters. The Balaban J connectivity index is 1.40. The Morgan fingerprint density at radius 1 is 1.03 bits per heavy atom. The van der Waals surface area contributed by atoms with Crippen LogP contribution in [0, 0.1) is 6.92 Å². The molecule has 1 amide bonds.